The van der Waals surface area contributed by atoms with Crippen molar-refractivity contribution in [2.75, 3.05) is 11.9 Å². The third-order valence-electron chi connectivity index (χ3n) is 4.33. The molecule has 1 heterocycles. The Kier molecular flexibility index (Phi) is 3.40. The molecule has 20 heavy (non-hydrogen) atoms. The number of nitrogens with one attached hydrogen (secondary N) is 1. The molecule has 1 aromatic heterocycles. The fourth-order valence-corrected chi connectivity index (χ4v) is 3.04. The molecule has 0 atom stereocenters. The van der Waals surface area contributed by atoms with Crippen molar-refractivity contribution in [3.8, 4) is 0 Å². The first-order valence-corrected chi connectivity index (χ1v) is 7.10. The Hall–Kier alpha value is -1.94. The summed E-state index contributed by atoms with van der Waals surface area (Å²) in [6.07, 6.45) is 5.70. The van der Waals surface area contributed by atoms with Gasteiger partial charge in [-0.3, -0.25) is 9.78 Å². The second kappa shape index (κ2) is 5.21. The summed E-state index contributed by atoms with van der Waals surface area (Å²) in [7, 11) is 0. The first kappa shape index (κ1) is 13.1. The van der Waals surface area contributed by atoms with Crippen LogP contribution in [0.1, 0.15) is 25.7 Å². The molecule has 2 aromatic rings. The third kappa shape index (κ3) is 2.16. The summed E-state index contributed by atoms with van der Waals surface area (Å²) < 4.78 is 0. The summed E-state index contributed by atoms with van der Waals surface area (Å²) in [6, 6.07) is 9.63. The highest BCUT2D eigenvalue weighted by atomic mass is 16.2. The average Bonchev–Trinajstić information content (AvgIpc) is 2.98. The molecule has 0 radical (unpaired) electrons. The standard InChI is InChI=1S/C16H19N3O/c17-11-16(8-1-2-9-16)15(20)19-14-7-3-6-13-12(14)5-4-10-18-13/h3-7,10H,1-2,8-9,11,17H2,(H,19,20). The number of carbonyl (C=O) groups excluding carboxylic acids is 1. The summed E-state index contributed by atoms with van der Waals surface area (Å²) in [6.45, 7) is 0.419. The molecular formula is C16H19N3O. The number of hydrogen-bond acceptors (Lipinski definition) is 3. The topological polar surface area (TPSA) is 68.0 Å². The fourth-order valence-electron chi connectivity index (χ4n) is 3.04. The lowest BCUT2D eigenvalue weighted by molar-refractivity contribution is -0.124. The fraction of sp³-hybridized carbons (Fsp3) is 0.375. The van der Waals surface area contributed by atoms with Gasteiger partial charge in [0.25, 0.3) is 0 Å². The van der Waals surface area contributed by atoms with E-state index >= 15 is 0 Å². The summed E-state index contributed by atoms with van der Waals surface area (Å²) in [5.41, 5.74) is 7.19. The van der Waals surface area contributed by atoms with Gasteiger partial charge in [0.15, 0.2) is 0 Å². The Morgan fingerprint density at radius 2 is 2.05 bits per heavy atom. The van der Waals surface area contributed by atoms with Crippen LogP contribution in [0, 0.1) is 5.41 Å². The largest absolute Gasteiger partial charge is 0.329 e. The van der Waals surface area contributed by atoms with E-state index in [9.17, 15) is 4.79 Å². The van der Waals surface area contributed by atoms with Crippen LogP contribution in [0.2, 0.25) is 0 Å². The van der Waals surface area contributed by atoms with Crippen LogP contribution in [0.3, 0.4) is 0 Å². The zero-order chi connectivity index (χ0) is 14.0. The van der Waals surface area contributed by atoms with Crippen LogP contribution in [0.15, 0.2) is 36.5 Å². The van der Waals surface area contributed by atoms with Gasteiger partial charge in [-0.15, -0.1) is 0 Å². The van der Waals surface area contributed by atoms with E-state index in [1.54, 1.807) is 6.20 Å². The van der Waals surface area contributed by atoms with Gasteiger partial charge in [-0.1, -0.05) is 18.9 Å². The molecule has 0 spiro atoms. The molecule has 104 valence electrons. The van der Waals surface area contributed by atoms with E-state index in [-0.39, 0.29) is 11.3 Å². The highest BCUT2D eigenvalue weighted by Crippen LogP contribution is 2.38. The molecule has 1 aliphatic rings. The monoisotopic (exact) mass is 269 g/mol. The quantitative estimate of drug-likeness (QED) is 0.900. The van der Waals surface area contributed by atoms with Gasteiger partial charge in [0.05, 0.1) is 16.6 Å². The molecule has 1 saturated carbocycles. The number of rotatable bonds is 3. The molecule has 1 fully saturated rings. The van der Waals surface area contributed by atoms with Crippen LogP contribution in [0.5, 0.6) is 0 Å². The van der Waals surface area contributed by atoms with Gasteiger partial charge in [0, 0.05) is 18.1 Å². The first-order valence-electron chi connectivity index (χ1n) is 7.10. The average molecular weight is 269 g/mol. The minimum Gasteiger partial charge on any atom is -0.329 e. The number of nitrogens with zero attached hydrogens (tertiary/aromatic N) is 1. The number of pyridine rings is 1. The lowest BCUT2D eigenvalue weighted by Gasteiger charge is -2.26. The normalized spacial score (nSPS) is 17.2. The van der Waals surface area contributed by atoms with E-state index < -0.39 is 0 Å². The summed E-state index contributed by atoms with van der Waals surface area (Å²) in [4.78, 5) is 16.9. The van der Waals surface area contributed by atoms with Crippen LogP contribution in [0.25, 0.3) is 10.9 Å². The van der Waals surface area contributed by atoms with Gasteiger partial charge in [-0.25, -0.2) is 0 Å². The SMILES string of the molecule is NCC1(C(=O)Nc2cccc3ncccc23)CCCC1. The molecule has 0 saturated heterocycles. The minimum atomic E-state index is -0.385. The second-order valence-electron chi connectivity index (χ2n) is 5.52. The number of anilines is 1. The Bertz CT molecular complexity index is 627. The number of aromatic nitrogens is 1. The smallest absolute Gasteiger partial charge is 0.231 e. The number of nitrogens with two attached hydrogens (primary N) is 1. The number of fused-ring (bicyclic) bond motifs is 1. The number of benzene rings is 1. The lowest BCUT2D eigenvalue weighted by atomic mass is 9.85. The van der Waals surface area contributed by atoms with E-state index in [1.165, 1.54) is 0 Å². The maximum Gasteiger partial charge on any atom is 0.231 e. The predicted molar refractivity (Wildman–Crippen MR) is 80.3 cm³/mol. The Labute approximate surface area is 118 Å². The van der Waals surface area contributed by atoms with Gasteiger partial charge in [0.2, 0.25) is 5.91 Å². The molecule has 4 nitrogen and oxygen atoms in total. The zero-order valence-corrected chi connectivity index (χ0v) is 11.4. The molecule has 0 unspecified atom stereocenters. The number of hydrogen-bond donors (Lipinski definition) is 2. The van der Waals surface area contributed by atoms with E-state index in [2.05, 4.69) is 10.3 Å². The van der Waals surface area contributed by atoms with Crippen LogP contribution >= 0.6 is 0 Å². The van der Waals surface area contributed by atoms with Crippen LogP contribution in [-0.2, 0) is 4.79 Å². The molecule has 1 amide bonds. The van der Waals surface area contributed by atoms with Crippen molar-refractivity contribution >= 4 is 22.5 Å². The first-order chi connectivity index (χ1) is 9.75. The Morgan fingerprint density at radius 3 is 2.80 bits per heavy atom. The zero-order valence-electron chi connectivity index (χ0n) is 11.4. The molecule has 4 heteroatoms. The highest BCUT2D eigenvalue weighted by molar-refractivity contribution is 6.03. The number of amides is 1. The van der Waals surface area contributed by atoms with Crippen molar-refractivity contribution in [3.63, 3.8) is 0 Å². The van der Waals surface area contributed by atoms with Gasteiger partial charge < -0.3 is 11.1 Å². The van der Waals surface area contributed by atoms with Gasteiger partial charge >= 0.3 is 0 Å². The van der Waals surface area contributed by atoms with Crippen LogP contribution in [0.4, 0.5) is 5.69 Å². The minimum absolute atomic E-state index is 0.0499. The van der Waals surface area contributed by atoms with Crippen molar-refractivity contribution in [2.24, 2.45) is 11.1 Å². The van der Waals surface area contributed by atoms with Crippen molar-refractivity contribution in [1.82, 2.24) is 4.98 Å². The Balaban J connectivity index is 1.91. The van der Waals surface area contributed by atoms with Crippen LogP contribution < -0.4 is 11.1 Å². The lowest BCUT2D eigenvalue weighted by Crippen LogP contribution is -2.40. The number of carbonyl (C=O) groups is 1. The van der Waals surface area contributed by atoms with Crippen molar-refractivity contribution < 1.29 is 4.79 Å². The Morgan fingerprint density at radius 1 is 1.25 bits per heavy atom. The third-order valence-corrected chi connectivity index (χ3v) is 4.33. The molecule has 3 N–H and O–H groups in total. The molecule has 1 aromatic carbocycles. The molecule has 3 rings (SSSR count). The highest BCUT2D eigenvalue weighted by Gasteiger charge is 2.39. The predicted octanol–water partition coefficient (Wildman–Crippen LogP) is 2.69. The van der Waals surface area contributed by atoms with Gasteiger partial charge in [-0.2, -0.15) is 0 Å². The molecular weight excluding hydrogens is 250 g/mol. The summed E-state index contributed by atoms with van der Waals surface area (Å²) in [5, 5.41) is 4.03. The summed E-state index contributed by atoms with van der Waals surface area (Å²) in [5.74, 6) is 0.0499. The maximum absolute atomic E-state index is 12.6. The van der Waals surface area contributed by atoms with Crippen molar-refractivity contribution in [3.05, 3.63) is 36.5 Å². The second-order valence-corrected chi connectivity index (χ2v) is 5.52. The van der Waals surface area contributed by atoms with Crippen LogP contribution in [-0.4, -0.2) is 17.4 Å². The van der Waals surface area contributed by atoms with Gasteiger partial charge in [0.1, 0.15) is 0 Å². The van der Waals surface area contributed by atoms with Gasteiger partial charge in [-0.05, 0) is 37.1 Å². The maximum atomic E-state index is 12.6. The van der Waals surface area contributed by atoms with Crippen molar-refractivity contribution in [1.29, 1.82) is 0 Å². The molecule has 0 bridgehead atoms. The van der Waals surface area contributed by atoms with Crippen molar-refractivity contribution in [2.45, 2.75) is 25.7 Å². The summed E-state index contributed by atoms with van der Waals surface area (Å²) >= 11 is 0. The van der Waals surface area contributed by atoms with E-state index in [0.29, 0.717) is 6.54 Å². The molecule has 1 aliphatic carbocycles. The van der Waals surface area contributed by atoms with E-state index in [4.69, 9.17) is 5.73 Å². The molecule has 0 aliphatic heterocycles. The van der Waals surface area contributed by atoms with E-state index in [1.807, 2.05) is 30.3 Å². The van der Waals surface area contributed by atoms with E-state index in [0.717, 1.165) is 42.3 Å².